The zero-order chi connectivity index (χ0) is 21.3. The Labute approximate surface area is 177 Å². The minimum absolute atomic E-state index is 0.209. The van der Waals surface area contributed by atoms with Crippen LogP contribution in [0.1, 0.15) is 79.4 Å². The summed E-state index contributed by atoms with van der Waals surface area (Å²) in [7, 11) is -0.727. The van der Waals surface area contributed by atoms with Gasteiger partial charge in [0.25, 0.3) is 0 Å². The first kappa shape index (κ1) is 23.2. The first-order chi connectivity index (χ1) is 12.7. The summed E-state index contributed by atoms with van der Waals surface area (Å²) in [5.74, 6) is 0. The molecular weight excluding hydrogens is 390 g/mol. The van der Waals surface area contributed by atoms with Crippen molar-refractivity contribution in [2.75, 3.05) is 0 Å². The van der Waals surface area contributed by atoms with Crippen molar-refractivity contribution in [3.05, 3.63) is 34.3 Å². The number of hydrogen-bond donors (Lipinski definition) is 0. The highest BCUT2D eigenvalue weighted by molar-refractivity contribution is 6.32. The quantitative estimate of drug-likeness (QED) is 0.541. The van der Waals surface area contributed by atoms with Gasteiger partial charge in [-0.2, -0.15) is 0 Å². The maximum Gasteiger partial charge on any atom is 0.410 e. The topological polar surface area (TPSA) is 38.8 Å². The molecule has 1 amide bonds. The van der Waals surface area contributed by atoms with Gasteiger partial charge in [0.15, 0.2) is 9.76 Å². The largest absolute Gasteiger partial charge is 0.444 e. The van der Waals surface area contributed by atoms with Crippen LogP contribution in [0.4, 0.5) is 4.79 Å². The van der Waals surface area contributed by atoms with Crippen LogP contribution in [0.3, 0.4) is 0 Å². The Hall–Kier alpha value is -1.04. The van der Waals surface area contributed by atoms with Crippen molar-refractivity contribution in [1.29, 1.82) is 0 Å². The molecule has 0 spiro atoms. The van der Waals surface area contributed by atoms with E-state index in [-0.39, 0.29) is 17.2 Å². The molecule has 1 saturated carbocycles. The normalized spacial score (nSPS) is 15.9. The average Bonchev–Trinajstić information content (AvgIpc) is 3.34. The van der Waals surface area contributed by atoms with E-state index in [0.29, 0.717) is 11.6 Å². The Morgan fingerprint density at radius 2 is 1.75 bits per heavy atom. The lowest BCUT2D eigenvalue weighted by atomic mass is 9.96. The molecule has 1 aliphatic rings. The standard InChI is InChI=1S/C22H36ClNO3Si/c1-20(2,3)26-19(25)24(16-10-11-16)14-15-9-12-18(23)17(13-15)22(7,8)27-28-21(4,5)6/h9,12-13,16H,10-11,14,28H2,1-8H3. The number of ether oxygens (including phenoxy) is 1. The second kappa shape index (κ2) is 8.37. The molecule has 1 aromatic rings. The van der Waals surface area contributed by atoms with E-state index in [2.05, 4.69) is 40.7 Å². The number of carbonyl (C=O) groups is 1. The number of hydrogen-bond acceptors (Lipinski definition) is 3. The smallest absolute Gasteiger partial charge is 0.410 e. The molecule has 2 rings (SSSR count). The van der Waals surface area contributed by atoms with Crippen LogP contribution in [-0.2, 0) is 21.3 Å². The van der Waals surface area contributed by atoms with Gasteiger partial charge in [-0.1, -0.05) is 38.4 Å². The van der Waals surface area contributed by atoms with Gasteiger partial charge in [0.1, 0.15) is 5.60 Å². The first-order valence-corrected chi connectivity index (χ1v) is 11.8. The Kier molecular flexibility index (Phi) is 6.94. The number of rotatable bonds is 6. The van der Waals surface area contributed by atoms with Crippen molar-refractivity contribution >= 4 is 27.5 Å². The Morgan fingerprint density at radius 1 is 1.14 bits per heavy atom. The predicted molar refractivity (Wildman–Crippen MR) is 119 cm³/mol. The molecule has 1 aliphatic carbocycles. The van der Waals surface area contributed by atoms with E-state index in [0.717, 1.165) is 24.0 Å². The lowest BCUT2D eigenvalue weighted by Gasteiger charge is -2.32. The summed E-state index contributed by atoms with van der Waals surface area (Å²) < 4.78 is 12.0. The third-order valence-corrected chi connectivity index (χ3v) is 6.58. The fraction of sp³-hybridized carbons (Fsp3) is 0.682. The Morgan fingerprint density at radius 3 is 2.25 bits per heavy atom. The van der Waals surface area contributed by atoms with Gasteiger partial charge in [0, 0.05) is 23.2 Å². The molecule has 158 valence electrons. The molecule has 0 heterocycles. The Bertz CT molecular complexity index is 703. The van der Waals surface area contributed by atoms with Crippen molar-refractivity contribution in [3.63, 3.8) is 0 Å². The molecule has 0 aromatic heterocycles. The number of halogens is 1. The van der Waals surface area contributed by atoms with Gasteiger partial charge >= 0.3 is 6.09 Å². The summed E-state index contributed by atoms with van der Waals surface area (Å²) in [6, 6.07) is 6.25. The highest BCUT2D eigenvalue weighted by Crippen LogP contribution is 2.35. The minimum atomic E-state index is -0.727. The fourth-order valence-corrected chi connectivity index (χ4v) is 4.15. The Balaban J connectivity index is 2.20. The van der Waals surface area contributed by atoms with Crippen LogP contribution >= 0.6 is 11.6 Å². The molecule has 0 bridgehead atoms. The van der Waals surface area contributed by atoms with Crippen LogP contribution in [0.25, 0.3) is 0 Å². The molecular formula is C22H36ClNO3Si. The van der Waals surface area contributed by atoms with Gasteiger partial charge < -0.3 is 14.1 Å². The van der Waals surface area contributed by atoms with Crippen molar-refractivity contribution in [2.24, 2.45) is 0 Å². The minimum Gasteiger partial charge on any atom is -0.444 e. The lowest BCUT2D eigenvalue weighted by molar-refractivity contribution is 0.0216. The molecule has 1 aromatic carbocycles. The zero-order valence-corrected chi connectivity index (χ0v) is 20.9. The van der Waals surface area contributed by atoms with E-state index in [1.54, 1.807) is 0 Å². The summed E-state index contributed by atoms with van der Waals surface area (Å²) in [4.78, 5) is 14.5. The maximum absolute atomic E-state index is 12.7. The molecule has 0 atom stereocenters. The van der Waals surface area contributed by atoms with Gasteiger partial charge in [-0.25, -0.2) is 4.79 Å². The van der Waals surface area contributed by atoms with E-state index in [1.807, 2.05) is 37.8 Å². The first-order valence-electron chi connectivity index (χ1n) is 10.1. The molecule has 4 nitrogen and oxygen atoms in total. The number of amides is 1. The van der Waals surface area contributed by atoms with Crippen molar-refractivity contribution in [2.45, 2.75) is 97.1 Å². The van der Waals surface area contributed by atoms with Gasteiger partial charge in [-0.15, -0.1) is 0 Å². The molecule has 0 radical (unpaired) electrons. The van der Waals surface area contributed by atoms with E-state index >= 15 is 0 Å². The molecule has 0 aliphatic heterocycles. The number of carbonyl (C=O) groups excluding carboxylic acids is 1. The lowest BCUT2D eigenvalue weighted by Crippen LogP contribution is -2.38. The maximum atomic E-state index is 12.7. The van der Waals surface area contributed by atoms with Crippen LogP contribution in [0.5, 0.6) is 0 Å². The molecule has 0 saturated heterocycles. The van der Waals surface area contributed by atoms with E-state index < -0.39 is 21.0 Å². The molecule has 0 unspecified atom stereocenters. The molecule has 6 heteroatoms. The molecule has 0 N–H and O–H groups in total. The molecule has 28 heavy (non-hydrogen) atoms. The third-order valence-electron chi connectivity index (χ3n) is 4.51. The van der Waals surface area contributed by atoms with Gasteiger partial charge in [0.05, 0.1) is 5.60 Å². The summed E-state index contributed by atoms with van der Waals surface area (Å²) in [5, 5.41) is 0.910. The summed E-state index contributed by atoms with van der Waals surface area (Å²) in [5.41, 5.74) is 1.07. The van der Waals surface area contributed by atoms with Gasteiger partial charge in [-0.3, -0.25) is 0 Å². The monoisotopic (exact) mass is 425 g/mol. The average molecular weight is 426 g/mol. The van der Waals surface area contributed by atoms with Crippen LogP contribution in [0.2, 0.25) is 10.1 Å². The highest BCUT2D eigenvalue weighted by Gasteiger charge is 2.35. The number of nitrogens with zero attached hydrogens (tertiary/aromatic N) is 1. The van der Waals surface area contributed by atoms with Crippen molar-refractivity contribution < 1.29 is 14.0 Å². The molecule has 1 fully saturated rings. The zero-order valence-electron chi connectivity index (χ0n) is 18.7. The van der Waals surface area contributed by atoms with E-state index in [9.17, 15) is 4.79 Å². The summed E-state index contributed by atoms with van der Waals surface area (Å²) in [6.45, 7) is 17.0. The van der Waals surface area contributed by atoms with E-state index in [1.165, 1.54) is 0 Å². The van der Waals surface area contributed by atoms with Gasteiger partial charge in [0.2, 0.25) is 0 Å². The fourth-order valence-electron chi connectivity index (χ4n) is 2.85. The van der Waals surface area contributed by atoms with Crippen LogP contribution in [0.15, 0.2) is 18.2 Å². The highest BCUT2D eigenvalue weighted by atomic mass is 35.5. The number of benzene rings is 1. The van der Waals surface area contributed by atoms with Crippen molar-refractivity contribution in [1.82, 2.24) is 4.90 Å². The second-order valence-electron chi connectivity index (χ2n) is 10.5. The van der Waals surface area contributed by atoms with Crippen LogP contribution in [-0.4, -0.2) is 32.4 Å². The third kappa shape index (κ3) is 7.09. The van der Waals surface area contributed by atoms with E-state index in [4.69, 9.17) is 20.8 Å². The SMILES string of the molecule is CC(C)(C)OC(=O)N(Cc1ccc(Cl)c(C(C)(C)O[SiH2]C(C)(C)C)c1)C1CC1. The summed E-state index contributed by atoms with van der Waals surface area (Å²) >= 11 is 6.52. The predicted octanol–water partition coefficient (Wildman–Crippen LogP) is 5.79. The van der Waals surface area contributed by atoms with Crippen molar-refractivity contribution in [3.8, 4) is 0 Å². The second-order valence-corrected chi connectivity index (χ2v) is 13.6. The van der Waals surface area contributed by atoms with Crippen LogP contribution < -0.4 is 0 Å². The van der Waals surface area contributed by atoms with Crippen LogP contribution in [0, 0.1) is 0 Å². The summed E-state index contributed by atoms with van der Waals surface area (Å²) in [6.07, 6.45) is 1.82. The van der Waals surface area contributed by atoms with Gasteiger partial charge in [-0.05, 0) is 70.2 Å².